The molecule has 0 heterocycles. The highest BCUT2D eigenvalue weighted by Crippen LogP contribution is 2.14. The second kappa shape index (κ2) is 16.0. The van der Waals surface area contributed by atoms with Crippen molar-refractivity contribution in [1.29, 1.82) is 0 Å². The van der Waals surface area contributed by atoms with E-state index in [0.29, 0.717) is 0 Å². The summed E-state index contributed by atoms with van der Waals surface area (Å²) in [6, 6.07) is -3.53. The van der Waals surface area contributed by atoms with Gasteiger partial charge in [-0.3, -0.25) is 14.4 Å². The highest BCUT2D eigenvalue weighted by Gasteiger charge is 2.37. The van der Waals surface area contributed by atoms with Gasteiger partial charge >= 0.3 is 17.9 Å². The number of aliphatic hydroxyl groups excluding tert-OH is 1. The topological polar surface area (TPSA) is 197 Å². The predicted octanol–water partition coefficient (Wildman–Crippen LogP) is 0.374. The molecule has 0 aromatic rings. The molecule has 0 aliphatic carbocycles. The van der Waals surface area contributed by atoms with Crippen LogP contribution in [0.15, 0.2) is 0 Å². The molecule has 0 aliphatic rings. The van der Waals surface area contributed by atoms with E-state index in [4.69, 9.17) is 9.47 Å². The van der Waals surface area contributed by atoms with E-state index in [2.05, 4.69) is 16.0 Å². The fourth-order valence-electron chi connectivity index (χ4n) is 3.28. The molecule has 0 fully saturated rings. The molecule has 0 aliphatic heterocycles. The van der Waals surface area contributed by atoms with Gasteiger partial charge in [0.25, 0.3) is 11.8 Å². The summed E-state index contributed by atoms with van der Waals surface area (Å²) in [5, 5.41) is 25.9. The second-order valence-electron chi connectivity index (χ2n) is 10.9. The maximum atomic E-state index is 13.1. The average molecular weight is 560 g/mol. The number of amides is 3. The van der Waals surface area contributed by atoms with Crippen LogP contribution in [0.1, 0.15) is 69.2 Å². The summed E-state index contributed by atoms with van der Waals surface area (Å²) in [5.41, 5.74) is 0. The summed E-state index contributed by atoms with van der Waals surface area (Å²) in [5.74, 6) is -7.28. The lowest BCUT2D eigenvalue weighted by molar-refractivity contribution is -0.165. The van der Waals surface area contributed by atoms with Crippen LogP contribution in [0.2, 0.25) is 0 Å². The Kier molecular flexibility index (Phi) is 14.7. The largest absolute Gasteiger partial charge is 0.480 e. The monoisotopic (exact) mass is 559 g/mol. The highest BCUT2D eigenvalue weighted by atomic mass is 16.6. The molecule has 13 nitrogen and oxygen atoms in total. The summed E-state index contributed by atoms with van der Waals surface area (Å²) in [7, 11) is 0. The molecule has 0 radical (unpaired) electrons. The minimum absolute atomic E-state index is 0.414. The van der Waals surface area contributed by atoms with Crippen LogP contribution < -0.4 is 16.0 Å². The number of carboxylic acids is 1. The zero-order valence-electron chi connectivity index (χ0n) is 24.4. The van der Waals surface area contributed by atoms with Gasteiger partial charge in [0.15, 0.2) is 12.2 Å². The Morgan fingerprint density at radius 1 is 0.538 bits per heavy atom. The highest BCUT2D eigenvalue weighted by molar-refractivity contribution is 5.92. The Balaban J connectivity index is 5.57. The number of rotatable bonds is 15. The number of ether oxygens (including phenoxy) is 2. The maximum Gasteiger partial charge on any atom is 0.329 e. The van der Waals surface area contributed by atoms with Crippen LogP contribution >= 0.6 is 0 Å². The van der Waals surface area contributed by atoms with Gasteiger partial charge in [-0.25, -0.2) is 14.4 Å². The molecule has 0 bridgehead atoms. The molecule has 224 valence electrons. The van der Waals surface area contributed by atoms with Crippen LogP contribution in [0.3, 0.4) is 0 Å². The third-order valence-electron chi connectivity index (χ3n) is 5.82. The zero-order chi connectivity index (χ0) is 30.8. The normalized spacial score (nSPS) is 16.1. The van der Waals surface area contributed by atoms with Gasteiger partial charge in [0.2, 0.25) is 5.91 Å². The van der Waals surface area contributed by atoms with Crippen molar-refractivity contribution in [3.8, 4) is 0 Å². The minimum Gasteiger partial charge on any atom is -0.480 e. The van der Waals surface area contributed by atoms with E-state index in [0.717, 1.165) is 0 Å². The molecule has 6 unspecified atom stereocenters. The molecule has 13 heteroatoms. The fraction of sp³-hybridized carbons (Fsp3) is 0.769. The molecule has 0 aromatic heterocycles. The van der Waals surface area contributed by atoms with Crippen molar-refractivity contribution in [2.75, 3.05) is 0 Å². The van der Waals surface area contributed by atoms with E-state index >= 15 is 0 Å². The number of esters is 2. The van der Waals surface area contributed by atoms with Crippen LogP contribution in [0.4, 0.5) is 0 Å². The summed E-state index contributed by atoms with van der Waals surface area (Å²) < 4.78 is 10.6. The number of carboxylic acid groups (broad SMARTS) is 1. The van der Waals surface area contributed by atoms with Crippen LogP contribution in [-0.4, -0.2) is 82.3 Å². The van der Waals surface area contributed by atoms with E-state index in [1.807, 2.05) is 0 Å². The van der Waals surface area contributed by atoms with Crippen molar-refractivity contribution >= 4 is 35.6 Å². The number of aliphatic carboxylic acids is 1. The lowest BCUT2D eigenvalue weighted by atomic mass is 10.0. The van der Waals surface area contributed by atoms with Crippen LogP contribution in [0, 0.1) is 23.7 Å². The first-order chi connectivity index (χ1) is 17.8. The van der Waals surface area contributed by atoms with Gasteiger partial charge in [0.1, 0.15) is 24.2 Å². The van der Waals surface area contributed by atoms with E-state index in [1.54, 1.807) is 55.4 Å². The molecule has 6 atom stereocenters. The third kappa shape index (κ3) is 11.6. The van der Waals surface area contributed by atoms with Gasteiger partial charge in [-0.1, -0.05) is 55.4 Å². The molecule has 39 heavy (non-hydrogen) atoms. The van der Waals surface area contributed by atoms with Crippen molar-refractivity contribution < 1.29 is 48.5 Å². The first kappa shape index (κ1) is 35.8. The third-order valence-corrected chi connectivity index (χ3v) is 5.82. The Hall–Kier alpha value is -3.22. The SMILES string of the molecule is CC(O)C(=O)NC(C(=O)OC(C(=O)NC(C(=O)OC(C)C(=O)NC(C(=O)O)C(C)C)C(C)C)C(C)C)C(C)C. The van der Waals surface area contributed by atoms with Gasteiger partial charge in [-0.2, -0.15) is 0 Å². The Labute approximate surface area is 229 Å². The number of carbonyl (C=O) groups is 6. The predicted molar refractivity (Wildman–Crippen MR) is 140 cm³/mol. The van der Waals surface area contributed by atoms with Crippen LogP contribution in [0.5, 0.6) is 0 Å². The Morgan fingerprint density at radius 3 is 1.28 bits per heavy atom. The molecule has 0 saturated carbocycles. The molecule has 0 aromatic carbocycles. The van der Waals surface area contributed by atoms with Crippen molar-refractivity contribution in [2.45, 2.75) is 106 Å². The lowest BCUT2D eigenvalue weighted by Crippen LogP contribution is -2.54. The number of nitrogens with one attached hydrogen (secondary N) is 3. The molecule has 5 N–H and O–H groups in total. The molecule has 3 amide bonds. The lowest BCUT2D eigenvalue weighted by Gasteiger charge is -2.29. The molecule has 0 spiro atoms. The smallest absolute Gasteiger partial charge is 0.329 e. The van der Waals surface area contributed by atoms with E-state index in [9.17, 15) is 39.0 Å². The minimum atomic E-state index is -1.36. The summed E-state index contributed by atoms with van der Waals surface area (Å²) in [6.07, 6.45) is -4.04. The second-order valence-corrected chi connectivity index (χ2v) is 10.9. The summed E-state index contributed by atoms with van der Waals surface area (Å²) in [4.78, 5) is 74.5. The van der Waals surface area contributed by atoms with E-state index in [1.165, 1.54) is 13.8 Å². The number of carbonyl (C=O) groups excluding carboxylic acids is 5. The number of aliphatic hydroxyl groups is 1. The van der Waals surface area contributed by atoms with Gasteiger partial charge in [-0.05, 0) is 37.5 Å². The van der Waals surface area contributed by atoms with Crippen LogP contribution in [-0.2, 0) is 38.2 Å². The average Bonchev–Trinajstić information content (AvgIpc) is 2.80. The molecule has 0 rings (SSSR count). The van der Waals surface area contributed by atoms with Crippen molar-refractivity contribution in [3.63, 3.8) is 0 Å². The number of hydrogen-bond donors (Lipinski definition) is 5. The summed E-state index contributed by atoms with van der Waals surface area (Å²) >= 11 is 0. The van der Waals surface area contributed by atoms with Gasteiger partial charge < -0.3 is 35.6 Å². The first-order valence-electron chi connectivity index (χ1n) is 13.0. The fourth-order valence-corrected chi connectivity index (χ4v) is 3.28. The molecule has 0 saturated heterocycles. The molecular weight excluding hydrogens is 514 g/mol. The maximum absolute atomic E-state index is 13.1. The van der Waals surface area contributed by atoms with Gasteiger partial charge in [-0.15, -0.1) is 0 Å². The first-order valence-corrected chi connectivity index (χ1v) is 13.0. The van der Waals surface area contributed by atoms with Gasteiger partial charge in [0.05, 0.1) is 0 Å². The Morgan fingerprint density at radius 2 is 0.923 bits per heavy atom. The van der Waals surface area contributed by atoms with Crippen LogP contribution in [0.25, 0.3) is 0 Å². The van der Waals surface area contributed by atoms with E-state index in [-0.39, 0.29) is 0 Å². The van der Waals surface area contributed by atoms with Crippen molar-refractivity contribution in [1.82, 2.24) is 16.0 Å². The number of hydrogen-bond acceptors (Lipinski definition) is 9. The quantitative estimate of drug-likeness (QED) is 0.175. The molecular formula is C26H45N3O10. The standard InChI is InChI=1S/C26H45N3O10/c1-11(2)17(24(34)35)27-22(32)16(10)38-25(36)18(12(3)4)29-23(33)20(14(7)8)39-26(37)19(13(5)6)28-21(31)15(9)30/h11-20,30H,1-10H3,(H,27,32)(H,28,31)(H,29,33)(H,34,35). The zero-order valence-corrected chi connectivity index (χ0v) is 24.4. The van der Waals surface area contributed by atoms with Gasteiger partial charge in [0, 0.05) is 0 Å². The van der Waals surface area contributed by atoms with Crippen molar-refractivity contribution in [2.24, 2.45) is 23.7 Å². The Bertz CT molecular complexity index is 885. The van der Waals surface area contributed by atoms with Crippen molar-refractivity contribution in [3.05, 3.63) is 0 Å². The summed E-state index contributed by atoms with van der Waals surface area (Å²) in [6.45, 7) is 15.6. The van der Waals surface area contributed by atoms with E-state index < -0.39 is 95.7 Å².